The Bertz CT molecular complexity index is 444. The lowest BCUT2D eigenvalue weighted by Crippen LogP contribution is -2.30. The second-order valence-electron chi connectivity index (χ2n) is 5.77. The molecular formula is C16H22ClN. The molecule has 1 saturated carbocycles. The van der Waals surface area contributed by atoms with Crippen LogP contribution in [0.2, 0.25) is 0 Å². The van der Waals surface area contributed by atoms with E-state index in [0.29, 0.717) is 5.41 Å². The molecule has 1 fully saturated rings. The fraction of sp³-hybridized carbons (Fsp3) is 0.500. The summed E-state index contributed by atoms with van der Waals surface area (Å²) in [6.07, 6.45) is 6.33. The number of hydrogen-bond acceptors (Lipinski definition) is 1. The minimum Gasteiger partial charge on any atom is -0.330 e. The van der Waals surface area contributed by atoms with Gasteiger partial charge in [-0.05, 0) is 66.7 Å². The van der Waals surface area contributed by atoms with Crippen LogP contribution in [0.15, 0.2) is 30.8 Å². The van der Waals surface area contributed by atoms with E-state index >= 15 is 0 Å². The van der Waals surface area contributed by atoms with Crippen LogP contribution in [0.4, 0.5) is 0 Å². The number of benzene rings is 1. The number of allylic oxidation sites excluding steroid dienone is 1. The summed E-state index contributed by atoms with van der Waals surface area (Å²) in [5, 5.41) is 0. The maximum absolute atomic E-state index is 5.79. The minimum absolute atomic E-state index is 0. The van der Waals surface area contributed by atoms with Crippen molar-refractivity contribution >= 4 is 18.0 Å². The summed E-state index contributed by atoms with van der Waals surface area (Å²) in [4.78, 5) is 0. The average molecular weight is 264 g/mol. The molecule has 1 aromatic carbocycles. The number of hydrogen-bond donors (Lipinski definition) is 1. The highest BCUT2D eigenvalue weighted by molar-refractivity contribution is 5.85. The zero-order chi connectivity index (χ0) is 11.9. The highest BCUT2D eigenvalue weighted by atomic mass is 35.5. The Morgan fingerprint density at radius 2 is 1.89 bits per heavy atom. The zero-order valence-electron chi connectivity index (χ0n) is 10.8. The van der Waals surface area contributed by atoms with E-state index in [1.165, 1.54) is 48.8 Å². The van der Waals surface area contributed by atoms with Crippen molar-refractivity contribution < 1.29 is 0 Å². The molecule has 0 aliphatic heterocycles. The van der Waals surface area contributed by atoms with Crippen LogP contribution in [0.3, 0.4) is 0 Å². The monoisotopic (exact) mass is 263 g/mol. The van der Waals surface area contributed by atoms with Crippen LogP contribution in [0, 0.1) is 11.3 Å². The fourth-order valence-electron chi connectivity index (χ4n) is 3.67. The van der Waals surface area contributed by atoms with Crippen LogP contribution < -0.4 is 5.73 Å². The van der Waals surface area contributed by atoms with Gasteiger partial charge in [-0.25, -0.2) is 0 Å². The number of nitrogens with two attached hydrogens (primary N) is 1. The Balaban J connectivity index is 0.00000120. The van der Waals surface area contributed by atoms with Gasteiger partial charge >= 0.3 is 0 Å². The third-order valence-electron chi connectivity index (χ3n) is 4.91. The van der Waals surface area contributed by atoms with Crippen LogP contribution >= 0.6 is 12.4 Å². The normalized spacial score (nSPS) is 30.1. The molecule has 0 radical (unpaired) electrons. The van der Waals surface area contributed by atoms with Gasteiger partial charge in [0.2, 0.25) is 0 Å². The third-order valence-corrected chi connectivity index (χ3v) is 4.91. The first-order valence-corrected chi connectivity index (χ1v) is 6.73. The molecule has 0 bridgehead atoms. The second-order valence-corrected chi connectivity index (χ2v) is 5.77. The van der Waals surface area contributed by atoms with Gasteiger partial charge in [0, 0.05) is 0 Å². The van der Waals surface area contributed by atoms with Crippen LogP contribution in [-0.4, -0.2) is 6.54 Å². The summed E-state index contributed by atoms with van der Waals surface area (Å²) in [5.41, 5.74) is 10.5. The summed E-state index contributed by atoms with van der Waals surface area (Å²) in [6, 6.07) is 8.79. The number of rotatable bonds is 1. The van der Waals surface area contributed by atoms with Gasteiger partial charge in [-0.1, -0.05) is 30.8 Å². The van der Waals surface area contributed by atoms with Crippen molar-refractivity contribution in [1.82, 2.24) is 0 Å². The molecule has 2 aliphatic carbocycles. The van der Waals surface area contributed by atoms with E-state index in [-0.39, 0.29) is 12.4 Å². The van der Waals surface area contributed by atoms with E-state index in [1.807, 2.05) is 0 Å². The predicted octanol–water partition coefficient (Wildman–Crippen LogP) is 3.81. The van der Waals surface area contributed by atoms with Crippen LogP contribution in [0.5, 0.6) is 0 Å². The van der Waals surface area contributed by atoms with E-state index in [9.17, 15) is 0 Å². The van der Waals surface area contributed by atoms with Crippen molar-refractivity contribution in [3.63, 3.8) is 0 Å². The van der Waals surface area contributed by atoms with Crippen molar-refractivity contribution in [2.75, 3.05) is 6.54 Å². The van der Waals surface area contributed by atoms with E-state index in [1.54, 1.807) is 0 Å². The predicted molar refractivity (Wildman–Crippen MR) is 79.9 cm³/mol. The largest absolute Gasteiger partial charge is 0.330 e. The van der Waals surface area contributed by atoms with Crippen molar-refractivity contribution in [3.8, 4) is 0 Å². The quantitative estimate of drug-likeness (QED) is 0.819. The molecule has 0 amide bonds. The van der Waals surface area contributed by atoms with Gasteiger partial charge in [-0.15, -0.1) is 12.4 Å². The zero-order valence-corrected chi connectivity index (χ0v) is 11.6. The molecule has 2 aliphatic rings. The van der Waals surface area contributed by atoms with Crippen molar-refractivity contribution in [2.24, 2.45) is 17.1 Å². The standard InChI is InChI=1S/C16H21N.ClH/c1-12-15-5-3-2-4-14(15)10-16(12)8-6-13(11-17)7-9-16;/h2-5,13H,1,6-11,17H2;1H. The van der Waals surface area contributed by atoms with Gasteiger partial charge in [0.05, 0.1) is 0 Å². The first-order valence-electron chi connectivity index (χ1n) is 6.73. The Morgan fingerprint density at radius 1 is 1.22 bits per heavy atom. The van der Waals surface area contributed by atoms with Crippen LogP contribution in [0.25, 0.3) is 5.57 Å². The first-order chi connectivity index (χ1) is 8.25. The van der Waals surface area contributed by atoms with Crippen LogP contribution in [0.1, 0.15) is 36.8 Å². The van der Waals surface area contributed by atoms with Gasteiger partial charge < -0.3 is 5.73 Å². The molecule has 3 rings (SSSR count). The molecule has 0 saturated heterocycles. The smallest absolute Gasteiger partial charge is 0.000605 e. The molecule has 18 heavy (non-hydrogen) atoms. The highest BCUT2D eigenvalue weighted by Crippen LogP contribution is 2.54. The van der Waals surface area contributed by atoms with Crippen molar-refractivity contribution in [2.45, 2.75) is 32.1 Å². The van der Waals surface area contributed by atoms with Gasteiger partial charge in [-0.3, -0.25) is 0 Å². The molecule has 2 N–H and O–H groups in total. The Labute approximate surface area is 116 Å². The van der Waals surface area contributed by atoms with E-state index in [2.05, 4.69) is 30.8 Å². The third kappa shape index (κ3) is 2.00. The lowest BCUT2D eigenvalue weighted by molar-refractivity contribution is 0.222. The first kappa shape index (κ1) is 13.6. The maximum atomic E-state index is 5.79. The van der Waals surface area contributed by atoms with Gasteiger partial charge in [0.15, 0.2) is 0 Å². The molecule has 98 valence electrons. The van der Waals surface area contributed by atoms with Gasteiger partial charge in [0.1, 0.15) is 0 Å². The average Bonchev–Trinajstić information content (AvgIpc) is 2.65. The van der Waals surface area contributed by atoms with Crippen molar-refractivity contribution in [1.29, 1.82) is 0 Å². The second kappa shape index (κ2) is 5.07. The summed E-state index contributed by atoms with van der Waals surface area (Å²) < 4.78 is 0. The summed E-state index contributed by atoms with van der Waals surface area (Å²) in [5.74, 6) is 0.747. The summed E-state index contributed by atoms with van der Waals surface area (Å²) >= 11 is 0. The fourth-order valence-corrected chi connectivity index (χ4v) is 3.67. The van der Waals surface area contributed by atoms with Gasteiger partial charge in [0.25, 0.3) is 0 Å². The Morgan fingerprint density at radius 3 is 2.50 bits per heavy atom. The van der Waals surface area contributed by atoms with Gasteiger partial charge in [-0.2, -0.15) is 0 Å². The van der Waals surface area contributed by atoms with Crippen LogP contribution in [-0.2, 0) is 6.42 Å². The van der Waals surface area contributed by atoms with E-state index in [0.717, 1.165) is 12.5 Å². The number of halogens is 1. The maximum Gasteiger partial charge on any atom is -0.000605 e. The number of fused-ring (bicyclic) bond motifs is 1. The summed E-state index contributed by atoms with van der Waals surface area (Å²) in [6.45, 7) is 5.25. The van der Waals surface area contributed by atoms with E-state index in [4.69, 9.17) is 5.73 Å². The summed E-state index contributed by atoms with van der Waals surface area (Å²) in [7, 11) is 0. The molecule has 1 spiro atoms. The molecule has 0 heterocycles. The molecule has 1 aromatic rings. The lowest BCUT2D eigenvalue weighted by atomic mass is 9.67. The molecule has 0 atom stereocenters. The molecular weight excluding hydrogens is 242 g/mol. The SMILES string of the molecule is C=C1c2ccccc2CC12CCC(CN)CC2.Cl. The Kier molecular flexibility index (Phi) is 3.84. The molecule has 2 heteroatoms. The minimum atomic E-state index is 0. The Hall–Kier alpha value is -0.790. The highest BCUT2D eigenvalue weighted by Gasteiger charge is 2.42. The molecule has 0 aromatic heterocycles. The molecule has 0 unspecified atom stereocenters. The van der Waals surface area contributed by atoms with E-state index < -0.39 is 0 Å². The topological polar surface area (TPSA) is 26.0 Å². The lowest BCUT2D eigenvalue weighted by Gasteiger charge is -2.38. The molecule has 1 nitrogen and oxygen atoms in total. The van der Waals surface area contributed by atoms with Crippen molar-refractivity contribution in [3.05, 3.63) is 42.0 Å².